The third-order valence-corrected chi connectivity index (χ3v) is 7.69. The van der Waals surface area contributed by atoms with Crippen molar-refractivity contribution in [2.75, 3.05) is 22.9 Å². The van der Waals surface area contributed by atoms with Crippen molar-refractivity contribution in [3.8, 4) is 0 Å². The average Bonchev–Trinajstić information content (AvgIpc) is 3.48. The Morgan fingerprint density at radius 3 is 2.55 bits per heavy atom. The van der Waals surface area contributed by atoms with Crippen molar-refractivity contribution in [2.45, 2.75) is 24.4 Å². The molecule has 0 bridgehead atoms. The second-order valence-corrected chi connectivity index (χ2v) is 8.90. The van der Waals surface area contributed by atoms with Gasteiger partial charge in [0.05, 0.1) is 17.9 Å². The molecule has 1 unspecified atom stereocenters. The van der Waals surface area contributed by atoms with Gasteiger partial charge in [-0.3, -0.25) is 14.4 Å². The Labute approximate surface area is 180 Å². The van der Waals surface area contributed by atoms with Crippen LogP contribution in [0, 0.1) is 11.8 Å². The fraction of sp³-hybridized carbons (Fsp3) is 0.320. The molecule has 4 aliphatic heterocycles. The summed E-state index contributed by atoms with van der Waals surface area (Å²) in [6.07, 6.45) is 3.53. The Morgan fingerprint density at radius 1 is 1.03 bits per heavy atom. The number of amides is 3. The van der Waals surface area contributed by atoms with E-state index >= 15 is 0 Å². The largest absolute Gasteiger partial charge is 0.315 e. The monoisotopic (exact) mass is 414 g/mol. The highest BCUT2D eigenvalue weighted by Crippen LogP contribution is 2.53. The molecule has 0 radical (unpaired) electrons. The average molecular weight is 414 g/mol. The predicted octanol–water partition coefficient (Wildman–Crippen LogP) is 1.28. The number of benzene rings is 2. The van der Waals surface area contributed by atoms with E-state index in [4.69, 9.17) is 0 Å². The molecule has 3 saturated heterocycles. The van der Waals surface area contributed by atoms with Gasteiger partial charge in [0.1, 0.15) is 17.9 Å². The van der Waals surface area contributed by atoms with E-state index in [0.717, 1.165) is 35.5 Å². The van der Waals surface area contributed by atoms with Crippen molar-refractivity contribution in [1.29, 1.82) is 0 Å². The highest BCUT2D eigenvalue weighted by Gasteiger charge is 2.79. The van der Waals surface area contributed by atoms with Crippen LogP contribution >= 0.6 is 0 Å². The van der Waals surface area contributed by atoms with E-state index < -0.39 is 17.4 Å². The third-order valence-electron chi connectivity index (χ3n) is 7.69. The van der Waals surface area contributed by atoms with Gasteiger partial charge in [0.2, 0.25) is 17.4 Å². The lowest BCUT2D eigenvalue weighted by Crippen LogP contribution is -3.20. The van der Waals surface area contributed by atoms with Crippen molar-refractivity contribution >= 4 is 29.1 Å². The number of imide groups is 1. The first-order chi connectivity index (χ1) is 15.1. The van der Waals surface area contributed by atoms with E-state index in [9.17, 15) is 14.4 Å². The topological polar surface area (TPSA) is 62.1 Å². The quantitative estimate of drug-likeness (QED) is 0.608. The Bertz CT molecular complexity index is 1130. The Kier molecular flexibility index (Phi) is 3.81. The normalized spacial score (nSPS) is 33.2. The first-order valence-corrected chi connectivity index (χ1v) is 10.9. The van der Waals surface area contributed by atoms with Crippen molar-refractivity contribution in [3.05, 3.63) is 72.8 Å². The minimum Gasteiger partial charge on any atom is -0.315 e. The van der Waals surface area contributed by atoms with Gasteiger partial charge in [-0.25, -0.2) is 4.90 Å². The van der Waals surface area contributed by atoms with Crippen LogP contribution in [0.4, 0.5) is 11.4 Å². The van der Waals surface area contributed by atoms with Crippen molar-refractivity contribution < 1.29 is 19.3 Å². The number of nitrogens with zero attached hydrogens (tertiary/aromatic N) is 2. The third kappa shape index (κ3) is 2.08. The summed E-state index contributed by atoms with van der Waals surface area (Å²) in [4.78, 5) is 45.9. The summed E-state index contributed by atoms with van der Waals surface area (Å²) in [5.41, 5.74) is 1.27. The van der Waals surface area contributed by atoms with Gasteiger partial charge in [0, 0.05) is 24.9 Å². The number of hydrogen-bond acceptors (Lipinski definition) is 3. The number of carbonyl (C=O) groups is 3. The van der Waals surface area contributed by atoms with Crippen molar-refractivity contribution in [2.24, 2.45) is 11.8 Å². The highest BCUT2D eigenvalue weighted by atomic mass is 16.2. The maximum Gasteiger partial charge on any atom is 0.294 e. The molecule has 4 heterocycles. The molecular formula is C25H24N3O3+. The predicted molar refractivity (Wildman–Crippen MR) is 115 cm³/mol. The number of anilines is 2. The standard InChI is InChI=1S/C25H23N3O3/c1-2-14-26-18-12-7-6-11-17(18)25(24(26)31)21-20(19-13-8-15-27(19)25)22(29)28(23(21)30)16-9-4-3-5-10-16/h2-7,9-12,19-21H,1,8,13-15H2/p+1/t19-,20-,21-,25-/m1/s1. The zero-order chi connectivity index (χ0) is 21.3. The Hall–Kier alpha value is -3.25. The van der Waals surface area contributed by atoms with Crippen LogP contribution in [0.1, 0.15) is 18.4 Å². The van der Waals surface area contributed by atoms with Gasteiger partial charge >= 0.3 is 0 Å². The Balaban J connectivity index is 1.58. The van der Waals surface area contributed by atoms with E-state index in [1.807, 2.05) is 42.5 Å². The maximum absolute atomic E-state index is 14.1. The second-order valence-electron chi connectivity index (χ2n) is 8.90. The molecule has 6 heteroatoms. The fourth-order valence-electron chi connectivity index (χ4n) is 6.74. The summed E-state index contributed by atoms with van der Waals surface area (Å²) < 4.78 is 0. The summed E-state index contributed by atoms with van der Waals surface area (Å²) in [7, 11) is 0. The molecular weight excluding hydrogens is 390 g/mol. The molecule has 0 aliphatic carbocycles. The number of rotatable bonds is 3. The van der Waals surface area contributed by atoms with Gasteiger partial charge < -0.3 is 9.80 Å². The number of carbonyl (C=O) groups excluding carboxylic acids is 3. The Morgan fingerprint density at radius 2 is 1.77 bits per heavy atom. The van der Waals surface area contributed by atoms with Gasteiger partial charge in [0.25, 0.3) is 5.91 Å². The molecule has 6 rings (SSSR count). The van der Waals surface area contributed by atoms with Gasteiger partial charge in [-0.1, -0.05) is 42.5 Å². The lowest BCUT2D eigenvalue weighted by molar-refractivity contribution is -0.948. The minimum absolute atomic E-state index is 0.0177. The molecule has 2 aromatic carbocycles. The van der Waals surface area contributed by atoms with Crippen LogP contribution in [-0.4, -0.2) is 36.9 Å². The smallest absolute Gasteiger partial charge is 0.294 e. The minimum atomic E-state index is -1.04. The summed E-state index contributed by atoms with van der Waals surface area (Å²) in [5, 5.41) is 0. The lowest BCUT2D eigenvalue weighted by atomic mass is 9.75. The number of nitrogens with one attached hydrogen (secondary N) is 1. The highest BCUT2D eigenvalue weighted by molar-refractivity contribution is 6.25. The van der Waals surface area contributed by atoms with E-state index in [-0.39, 0.29) is 23.8 Å². The summed E-state index contributed by atoms with van der Waals surface area (Å²) in [5.74, 6) is -1.62. The molecule has 1 N–H and O–H groups in total. The van der Waals surface area contributed by atoms with Crippen LogP contribution in [0.3, 0.4) is 0 Å². The van der Waals surface area contributed by atoms with E-state index in [0.29, 0.717) is 12.2 Å². The molecule has 3 amide bonds. The maximum atomic E-state index is 14.1. The van der Waals surface area contributed by atoms with Gasteiger partial charge in [-0.15, -0.1) is 6.58 Å². The SMILES string of the molecule is C=CCN1C(=O)[C@@]2(c3ccccc31)[C@H]1C(=O)N(c3ccccc3)C(=O)[C@@H]1[C@H]1CCC[NH+]12. The number of para-hydroxylation sites is 2. The van der Waals surface area contributed by atoms with Crippen molar-refractivity contribution in [1.82, 2.24) is 0 Å². The molecule has 5 atom stereocenters. The molecule has 31 heavy (non-hydrogen) atoms. The summed E-state index contributed by atoms with van der Waals surface area (Å²) >= 11 is 0. The number of quaternary nitrogens is 1. The van der Waals surface area contributed by atoms with E-state index in [1.165, 1.54) is 4.90 Å². The molecule has 6 nitrogen and oxygen atoms in total. The zero-order valence-electron chi connectivity index (χ0n) is 17.2. The lowest BCUT2D eigenvalue weighted by Gasteiger charge is -2.34. The summed E-state index contributed by atoms with van der Waals surface area (Å²) in [6.45, 7) is 5.01. The fourth-order valence-corrected chi connectivity index (χ4v) is 6.74. The van der Waals surface area contributed by atoms with Crippen LogP contribution in [0.5, 0.6) is 0 Å². The van der Waals surface area contributed by atoms with E-state index in [2.05, 4.69) is 6.58 Å². The second kappa shape index (κ2) is 6.37. The summed E-state index contributed by atoms with van der Waals surface area (Å²) in [6, 6.07) is 16.9. The molecule has 4 aliphatic rings. The van der Waals surface area contributed by atoms with Crippen LogP contribution < -0.4 is 14.7 Å². The van der Waals surface area contributed by atoms with Crippen LogP contribution in [-0.2, 0) is 19.9 Å². The number of hydrogen-bond donors (Lipinski definition) is 1. The van der Waals surface area contributed by atoms with Gasteiger partial charge in [-0.2, -0.15) is 0 Å². The molecule has 2 aromatic rings. The molecule has 1 spiro atoms. The van der Waals surface area contributed by atoms with E-state index in [1.54, 1.807) is 23.1 Å². The zero-order valence-corrected chi connectivity index (χ0v) is 17.2. The van der Waals surface area contributed by atoms with Gasteiger partial charge in [0.15, 0.2) is 0 Å². The molecule has 156 valence electrons. The first-order valence-electron chi connectivity index (χ1n) is 10.9. The first kappa shape index (κ1) is 18.5. The van der Waals surface area contributed by atoms with Gasteiger partial charge in [-0.05, 0) is 18.2 Å². The molecule has 0 aromatic heterocycles. The molecule has 0 saturated carbocycles. The van der Waals surface area contributed by atoms with Crippen LogP contribution in [0.15, 0.2) is 67.3 Å². The van der Waals surface area contributed by atoms with Crippen LogP contribution in [0.25, 0.3) is 0 Å². The molecule has 3 fully saturated rings. The van der Waals surface area contributed by atoms with Crippen molar-refractivity contribution in [3.63, 3.8) is 0 Å². The van der Waals surface area contributed by atoms with Crippen LogP contribution in [0.2, 0.25) is 0 Å². The number of fused-ring (bicyclic) bond motifs is 7.